The average Bonchev–Trinajstić information content (AvgIpc) is 2.71. The Morgan fingerprint density at radius 1 is 1.37 bits per heavy atom. The summed E-state index contributed by atoms with van der Waals surface area (Å²) in [6.07, 6.45) is 5.38. The lowest BCUT2D eigenvalue weighted by atomic mass is 9.77. The van der Waals surface area contributed by atoms with Crippen molar-refractivity contribution in [2.45, 2.75) is 48.2 Å². The molecule has 0 radical (unpaired) electrons. The molecule has 2 aliphatic rings. The quantitative estimate of drug-likeness (QED) is 0.698. The molecule has 3 unspecified atom stereocenters. The maximum atomic E-state index is 15.0. The number of hydrogen-bond donors (Lipinski definition) is 2. The van der Waals surface area contributed by atoms with Gasteiger partial charge in [-0.25, -0.2) is 9.37 Å². The standard InChI is InChI=1S/C21H26ClFN4O2S/c1-30(29)18-11-24-20(25-19(18)26-21(13-28)8-2-9-21)27-10-7-16(17(23)12-27)14-3-5-15(22)6-4-14/h3-6,11,16-17,28H,2,7-10,12-13H2,1H3,(H,24,25,26). The van der Waals surface area contributed by atoms with Crippen LogP contribution in [0.15, 0.2) is 35.4 Å². The van der Waals surface area contributed by atoms with Crippen molar-refractivity contribution in [1.82, 2.24) is 9.97 Å². The van der Waals surface area contributed by atoms with Gasteiger partial charge in [-0.05, 0) is 43.4 Å². The van der Waals surface area contributed by atoms with Crippen LogP contribution in [0.2, 0.25) is 5.02 Å². The van der Waals surface area contributed by atoms with Crippen LogP contribution in [0.1, 0.15) is 37.2 Å². The maximum Gasteiger partial charge on any atom is 0.227 e. The summed E-state index contributed by atoms with van der Waals surface area (Å²) < 4.78 is 27.2. The third-order valence-electron chi connectivity index (χ3n) is 6.17. The monoisotopic (exact) mass is 452 g/mol. The molecule has 1 aromatic carbocycles. The Morgan fingerprint density at radius 2 is 2.10 bits per heavy atom. The van der Waals surface area contributed by atoms with Gasteiger partial charge in [-0.3, -0.25) is 4.21 Å². The lowest BCUT2D eigenvalue weighted by Crippen LogP contribution is -2.49. The van der Waals surface area contributed by atoms with Crippen molar-refractivity contribution in [3.63, 3.8) is 0 Å². The number of aliphatic hydroxyl groups is 1. The molecule has 0 amide bonds. The van der Waals surface area contributed by atoms with Crippen LogP contribution in [-0.2, 0) is 10.8 Å². The van der Waals surface area contributed by atoms with E-state index in [-0.39, 0.29) is 19.1 Å². The molecule has 6 nitrogen and oxygen atoms in total. The second kappa shape index (κ2) is 8.77. The Morgan fingerprint density at radius 3 is 2.67 bits per heavy atom. The highest BCUT2D eigenvalue weighted by Crippen LogP contribution is 2.37. The summed E-state index contributed by atoms with van der Waals surface area (Å²) in [6, 6.07) is 7.34. The molecule has 4 rings (SSSR count). The van der Waals surface area contributed by atoms with Gasteiger partial charge in [0.1, 0.15) is 12.0 Å². The van der Waals surface area contributed by atoms with E-state index in [4.69, 9.17) is 11.6 Å². The molecule has 30 heavy (non-hydrogen) atoms. The van der Waals surface area contributed by atoms with E-state index < -0.39 is 22.5 Å². The Kier molecular flexibility index (Phi) is 6.27. The van der Waals surface area contributed by atoms with Crippen LogP contribution in [0.4, 0.5) is 16.2 Å². The molecular formula is C21H26ClFN4O2S. The fraction of sp³-hybridized carbons (Fsp3) is 0.524. The van der Waals surface area contributed by atoms with Crippen LogP contribution in [-0.4, -0.2) is 56.9 Å². The van der Waals surface area contributed by atoms with Crippen molar-refractivity contribution in [1.29, 1.82) is 0 Å². The number of hydrogen-bond acceptors (Lipinski definition) is 6. The fourth-order valence-electron chi connectivity index (χ4n) is 4.16. The molecule has 2 N–H and O–H groups in total. The maximum absolute atomic E-state index is 15.0. The van der Waals surface area contributed by atoms with Gasteiger partial charge >= 0.3 is 0 Å². The zero-order valence-electron chi connectivity index (χ0n) is 16.9. The predicted octanol–water partition coefficient (Wildman–Crippen LogP) is 3.53. The van der Waals surface area contributed by atoms with Crippen molar-refractivity contribution in [3.05, 3.63) is 41.0 Å². The highest BCUT2D eigenvalue weighted by Gasteiger charge is 2.38. The van der Waals surface area contributed by atoms with E-state index in [1.54, 1.807) is 24.6 Å². The summed E-state index contributed by atoms with van der Waals surface area (Å²) >= 11 is 5.95. The van der Waals surface area contributed by atoms with Gasteiger partial charge in [0.05, 0.1) is 40.6 Å². The third-order valence-corrected chi connectivity index (χ3v) is 7.34. The van der Waals surface area contributed by atoms with Crippen molar-refractivity contribution < 1.29 is 13.7 Å². The molecule has 0 spiro atoms. The zero-order chi connectivity index (χ0) is 21.3. The molecule has 0 bridgehead atoms. The van der Waals surface area contributed by atoms with Crippen molar-refractivity contribution in [2.75, 3.05) is 36.2 Å². The van der Waals surface area contributed by atoms with Crippen LogP contribution < -0.4 is 10.2 Å². The lowest BCUT2D eigenvalue weighted by molar-refractivity contribution is 0.143. The van der Waals surface area contributed by atoms with Gasteiger partial charge < -0.3 is 15.3 Å². The number of alkyl halides is 1. The number of halogens is 2. The first-order chi connectivity index (χ1) is 14.4. The summed E-state index contributed by atoms with van der Waals surface area (Å²) in [5, 5.41) is 13.7. The van der Waals surface area contributed by atoms with Crippen LogP contribution in [0.3, 0.4) is 0 Å². The number of benzene rings is 1. The van der Waals surface area contributed by atoms with Gasteiger partial charge in [-0.1, -0.05) is 23.7 Å². The summed E-state index contributed by atoms with van der Waals surface area (Å²) in [7, 11) is -1.28. The van der Waals surface area contributed by atoms with Crippen LogP contribution in [0, 0.1) is 0 Å². The van der Waals surface area contributed by atoms with Crippen LogP contribution in [0.25, 0.3) is 0 Å². The summed E-state index contributed by atoms with van der Waals surface area (Å²) in [6.45, 7) is 0.792. The Balaban J connectivity index is 1.53. The van der Waals surface area contributed by atoms with E-state index in [0.717, 1.165) is 24.8 Å². The summed E-state index contributed by atoms with van der Waals surface area (Å²) in [4.78, 5) is 11.3. The second-order valence-corrected chi connectivity index (χ2v) is 9.95. The normalized spacial score (nSPS) is 24.2. The molecule has 1 aromatic heterocycles. The van der Waals surface area contributed by atoms with Gasteiger partial charge in [-0.2, -0.15) is 4.98 Å². The molecule has 2 aromatic rings. The van der Waals surface area contributed by atoms with E-state index >= 15 is 4.39 Å². The second-order valence-electron chi connectivity index (χ2n) is 8.16. The SMILES string of the molecule is CS(=O)c1cnc(N2CCC(c3ccc(Cl)cc3)C(F)C2)nc1NC1(CO)CCC1. The topological polar surface area (TPSA) is 78.4 Å². The number of nitrogens with one attached hydrogen (secondary N) is 1. The number of anilines is 2. The van der Waals surface area contributed by atoms with Gasteiger partial charge in [0.2, 0.25) is 5.95 Å². The molecule has 9 heteroatoms. The fourth-order valence-corrected chi connectivity index (χ4v) is 4.86. The van der Waals surface area contributed by atoms with Crippen molar-refractivity contribution >= 4 is 34.2 Å². The Labute approximate surface area is 183 Å². The Bertz CT molecular complexity index is 920. The zero-order valence-corrected chi connectivity index (χ0v) is 18.4. The van der Waals surface area contributed by atoms with Crippen molar-refractivity contribution in [2.24, 2.45) is 0 Å². The predicted molar refractivity (Wildman–Crippen MR) is 118 cm³/mol. The molecule has 1 aliphatic heterocycles. The summed E-state index contributed by atoms with van der Waals surface area (Å²) in [5.74, 6) is 0.687. The van der Waals surface area contributed by atoms with Gasteiger partial charge in [-0.15, -0.1) is 0 Å². The number of aliphatic hydroxyl groups excluding tert-OH is 1. The molecule has 2 heterocycles. The number of nitrogens with zero attached hydrogens (tertiary/aromatic N) is 3. The minimum absolute atomic E-state index is 0.0127. The van der Waals surface area contributed by atoms with E-state index in [2.05, 4.69) is 15.3 Å². The lowest BCUT2D eigenvalue weighted by Gasteiger charge is -2.42. The summed E-state index contributed by atoms with van der Waals surface area (Å²) in [5.41, 5.74) is 0.519. The Hall–Kier alpha value is -1.77. The number of piperidine rings is 1. The molecule has 2 fully saturated rings. The number of aromatic nitrogens is 2. The van der Waals surface area contributed by atoms with E-state index in [1.165, 1.54) is 0 Å². The van der Waals surface area contributed by atoms with Crippen LogP contribution >= 0.6 is 11.6 Å². The van der Waals surface area contributed by atoms with E-state index in [0.29, 0.717) is 34.6 Å². The third kappa shape index (κ3) is 4.31. The molecule has 1 aliphatic carbocycles. The first-order valence-electron chi connectivity index (χ1n) is 10.1. The smallest absolute Gasteiger partial charge is 0.227 e. The van der Waals surface area contributed by atoms with E-state index in [1.807, 2.05) is 17.0 Å². The molecular weight excluding hydrogens is 427 g/mol. The highest BCUT2D eigenvalue weighted by molar-refractivity contribution is 7.84. The average molecular weight is 453 g/mol. The van der Waals surface area contributed by atoms with Gasteiger partial charge in [0.25, 0.3) is 0 Å². The van der Waals surface area contributed by atoms with Gasteiger partial charge in [0, 0.05) is 23.7 Å². The number of rotatable bonds is 6. The highest BCUT2D eigenvalue weighted by atomic mass is 35.5. The minimum Gasteiger partial charge on any atom is -0.394 e. The first kappa shape index (κ1) is 21.5. The first-order valence-corrected chi connectivity index (χ1v) is 12.1. The molecule has 1 saturated carbocycles. The molecule has 162 valence electrons. The van der Waals surface area contributed by atoms with Gasteiger partial charge in [0.15, 0.2) is 0 Å². The minimum atomic E-state index is -1.28. The molecule has 1 saturated heterocycles. The molecule has 3 atom stereocenters. The largest absolute Gasteiger partial charge is 0.394 e. The van der Waals surface area contributed by atoms with Crippen molar-refractivity contribution in [3.8, 4) is 0 Å². The van der Waals surface area contributed by atoms with E-state index in [9.17, 15) is 9.32 Å². The van der Waals surface area contributed by atoms with Crippen LogP contribution in [0.5, 0.6) is 0 Å².